The molecule has 2 rings (SSSR count). The zero-order chi connectivity index (χ0) is 14.8. The van der Waals surface area contributed by atoms with Crippen LogP contribution in [0.5, 0.6) is 5.75 Å². The normalized spacial score (nSPS) is 11.6. The summed E-state index contributed by atoms with van der Waals surface area (Å²) < 4.78 is 5.34. The fraction of sp³-hybridized carbons (Fsp3) is 0.400. The third-order valence-corrected chi connectivity index (χ3v) is 3.77. The average molecular weight is 292 g/mol. The molecular weight excluding hydrogens is 272 g/mol. The van der Waals surface area contributed by atoms with E-state index in [1.807, 2.05) is 18.2 Å². The van der Waals surface area contributed by atoms with Crippen molar-refractivity contribution in [2.75, 3.05) is 18.9 Å². The second kappa shape index (κ2) is 5.81. The minimum atomic E-state index is -0.0252. The van der Waals surface area contributed by atoms with Crippen molar-refractivity contribution < 1.29 is 9.84 Å². The number of ether oxygens (including phenoxy) is 1. The summed E-state index contributed by atoms with van der Waals surface area (Å²) in [7, 11) is 0. The molecular formula is C15H20N2O2S. The topological polar surface area (TPSA) is 68.4 Å². The number of rotatable bonds is 4. The summed E-state index contributed by atoms with van der Waals surface area (Å²) >= 11 is 1.61. The Balaban J connectivity index is 2.25. The van der Waals surface area contributed by atoms with E-state index in [-0.39, 0.29) is 18.6 Å². The number of nitrogens with two attached hydrogens (primary N) is 1. The molecule has 0 aliphatic rings. The largest absolute Gasteiger partial charge is 0.489 e. The molecule has 0 amide bonds. The molecule has 0 fully saturated rings. The van der Waals surface area contributed by atoms with Crippen molar-refractivity contribution >= 4 is 17.0 Å². The van der Waals surface area contributed by atoms with Crippen LogP contribution in [-0.4, -0.2) is 23.3 Å². The van der Waals surface area contributed by atoms with Crippen molar-refractivity contribution in [3.8, 4) is 16.3 Å². The molecule has 0 unspecified atom stereocenters. The van der Waals surface area contributed by atoms with Gasteiger partial charge in [-0.3, -0.25) is 0 Å². The first-order valence-corrected chi connectivity index (χ1v) is 7.39. The predicted octanol–water partition coefficient (Wildman–Crippen LogP) is 3.06. The molecule has 0 radical (unpaired) electrons. The Morgan fingerprint density at radius 2 is 2.10 bits per heavy atom. The second-order valence-electron chi connectivity index (χ2n) is 5.61. The molecule has 3 N–H and O–H groups in total. The van der Waals surface area contributed by atoms with Gasteiger partial charge in [0.25, 0.3) is 0 Å². The first-order chi connectivity index (χ1) is 9.41. The van der Waals surface area contributed by atoms with E-state index in [0.29, 0.717) is 11.4 Å². The molecule has 2 aromatic rings. The molecule has 0 saturated carbocycles. The Morgan fingerprint density at radius 3 is 2.65 bits per heavy atom. The highest BCUT2D eigenvalue weighted by Gasteiger charge is 2.18. The SMILES string of the molecule is CC(C)(C)c1csc(-c2ccc(OCCO)c(N)c2)n1. The van der Waals surface area contributed by atoms with Crippen molar-refractivity contribution in [1.29, 1.82) is 0 Å². The minimum Gasteiger partial charge on any atom is -0.489 e. The van der Waals surface area contributed by atoms with Crippen LogP contribution in [0.4, 0.5) is 5.69 Å². The smallest absolute Gasteiger partial charge is 0.142 e. The van der Waals surface area contributed by atoms with Crippen molar-refractivity contribution in [2.24, 2.45) is 0 Å². The van der Waals surface area contributed by atoms with E-state index in [4.69, 9.17) is 15.6 Å². The van der Waals surface area contributed by atoms with E-state index in [9.17, 15) is 0 Å². The molecule has 1 aromatic carbocycles. The second-order valence-corrected chi connectivity index (χ2v) is 6.47. The highest BCUT2D eigenvalue weighted by atomic mass is 32.1. The van der Waals surface area contributed by atoms with Gasteiger partial charge in [0.05, 0.1) is 18.0 Å². The van der Waals surface area contributed by atoms with Crippen LogP contribution in [0.3, 0.4) is 0 Å². The molecule has 1 aromatic heterocycles. The Kier molecular flexibility index (Phi) is 4.30. The van der Waals surface area contributed by atoms with E-state index in [1.54, 1.807) is 11.3 Å². The van der Waals surface area contributed by atoms with E-state index in [0.717, 1.165) is 16.3 Å². The van der Waals surface area contributed by atoms with Crippen LogP contribution >= 0.6 is 11.3 Å². The van der Waals surface area contributed by atoms with Gasteiger partial charge < -0.3 is 15.6 Å². The van der Waals surface area contributed by atoms with Gasteiger partial charge in [0.1, 0.15) is 17.4 Å². The summed E-state index contributed by atoms with van der Waals surface area (Å²) in [5.74, 6) is 0.593. The van der Waals surface area contributed by atoms with Crippen molar-refractivity contribution in [3.63, 3.8) is 0 Å². The molecule has 0 spiro atoms. The Hall–Kier alpha value is -1.59. The Labute approximate surface area is 123 Å². The van der Waals surface area contributed by atoms with Crippen LogP contribution in [0.15, 0.2) is 23.6 Å². The van der Waals surface area contributed by atoms with Crippen molar-refractivity contribution in [2.45, 2.75) is 26.2 Å². The number of aliphatic hydroxyl groups excluding tert-OH is 1. The first-order valence-electron chi connectivity index (χ1n) is 6.51. The molecule has 0 atom stereocenters. The fourth-order valence-electron chi connectivity index (χ4n) is 1.72. The van der Waals surface area contributed by atoms with Gasteiger partial charge in [0.2, 0.25) is 0 Å². The van der Waals surface area contributed by atoms with Gasteiger partial charge in [-0.05, 0) is 18.2 Å². The number of thiazole rings is 1. The van der Waals surface area contributed by atoms with Crippen LogP contribution in [0.2, 0.25) is 0 Å². The highest BCUT2D eigenvalue weighted by molar-refractivity contribution is 7.13. The number of hydrogen-bond acceptors (Lipinski definition) is 5. The summed E-state index contributed by atoms with van der Waals surface area (Å²) in [6, 6.07) is 5.62. The average Bonchev–Trinajstić information content (AvgIpc) is 2.86. The number of anilines is 1. The zero-order valence-electron chi connectivity index (χ0n) is 12.0. The van der Waals surface area contributed by atoms with Gasteiger partial charge in [-0.2, -0.15) is 0 Å². The number of nitrogen functional groups attached to an aromatic ring is 1. The van der Waals surface area contributed by atoms with Crippen LogP contribution in [0.25, 0.3) is 10.6 Å². The van der Waals surface area contributed by atoms with Gasteiger partial charge in [0.15, 0.2) is 0 Å². The zero-order valence-corrected chi connectivity index (χ0v) is 12.8. The standard InChI is InChI=1S/C15H20N2O2S/c1-15(2,3)13-9-20-14(17-13)10-4-5-12(11(16)8-10)19-7-6-18/h4-5,8-9,18H,6-7,16H2,1-3H3. The van der Waals surface area contributed by atoms with E-state index in [1.165, 1.54) is 0 Å². The molecule has 0 bridgehead atoms. The number of benzene rings is 1. The lowest BCUT2D eigenvalue weighted by molar-refractivity contribution is 0.202. The molecule has 108 valence electrons. The van der Waals surface area contributed by atoms with Crippen molar-refractivity contribution in [1.82, 2.24) is 4.98 Å². The van der Waals surface area contributed by atoms with Gasteiger partial charge in [-0.1, -0.05) is 20.8 Å². The first kappa shape index (κ1) is 14.8. The van der Waals surface area contributed by atoms with Crippen LogP contribution in [-0.2, 0) is 5.41 Å². The summed E-state index contributed by atoms with van der Waals surface area (Å²) in [6.45, 7) is 6.65. The molecule has 0 aliphatic heterocycles. The van der Waals surface area contributed by atoms with Gasteiger partial charge in [-0.25, -0.2) is 4.98 Å². The van der Waals surface area contributed by atoms with E-state index in [2.05, 4.69) is 31.1 Å². The summed E-state index contributed by atoms with van der Waals surface area (Å²) in [4.78, 5) is 4.67. The number of nitrogens with zero attached hydrogens (tertiary/aromatic N) is 1. The maximum absolute atomic E-state index is 8.76. The van der Waals surface area contributed by atoms with Crippen LogP contribution in [0.1, 0.15) is 26.5 Å². The van der Waals surface area contributed by atoms with Gasteiger partial charge in [-0.15, -0.1) is 11.3 Å². The maximum Gasteiger partial charge on any atom is 0.142 e. The highest BCUT2D eigenvalue weighted by Crippen LogP contribution is 2.33. The van der Waals surface area contributed by atoms with Crippen molar-refractivity contribution in [3.05, 3.63) is 29.3 Å². The quantitative estimate of drug-likeness (QED) is 0.850. The summed E-state index contributed by atoms with van der Waals surface area (Å²) in [5, 5.41) is 11.8. The van der Waals surface area contributed by atoms with E-state index < -0.39 is 0 Å². The monoisotopic (exact) mass is 292 g/mol. The van der Waals surface area contributed by atoms with E-state index >= 15 is 0 Å². The number of aliphatic hydroxyl groups is 1. The number of hydrogen-bond donors (Lipinski definition) is 2. The van der Waals surface area contributed by atoms with Crippen LogP contribution in [0, 0.1) is 0 Å². The molecule has 1 heterocycles. The molecule has 20 heavy (non-hydrogen) atoms. The van der Waals surface area contributed by atoms with Crippen LogP contribution < -0.4 is 10.5 Å². The van der Waals surface area contributed by atoms with Gasteiger partial charge in [0, 0.05) is 16.4 Å². The fourth-order valence-corrected chi connectivity index (χ4v) is 2.76. The third-order valence-electron chi connectivity index (χ3n) is 2.88. The summed E-state index contributed by atoms with van der Waals surface area (Å²) in [5.41, 5.74) is 8.63. The number of aromatic nitrogens is 1. The minimum absolute atomic E-state index is 0.0252. The molecule has 0 saturated heterocycles. The maximum atomic E-state index is 8.76. The molecule has 0 aliphatic carbocycles. The molecule has 4 nitrogen and oxygen atoms in total. The van der Waals surface area contributed by atoms with Gasteiger partial charge >= 0.3 is 0 Å². The lowest BCUT2D eigenvalue weighted by atomic mass is 9.93. The predicted molar refractivity (Wildman–Crippen MR) is 83.2 cm³/mol. The third kappa shape index (κ3) is 3.29. The lowest BCUT2D eigenvalue weighted by Crippen LogP contribution is -2.11. The summed E-state index contributed by atoms with van der Waals surface area (Å²) in [6.07, 6.45) is 0. The Bertz CT molecular complexity index is 588. The molecule has 5 heteroatoms. The Morgan fingerprint density at radius 1 is 1.35 bits per heavy atom. The lowest BCUT2D eigenvalue weighted by Gasteiger charge is -2.14.